The number of rotatable bonds is 4. The van der Waals surface area contributed by atoms with E-state index in [-0.39, 0.29) is 19.4 Å². The zero-order chi connectivity index (χ0) is 15.0. The van der Waals surface area contributed by atoms with Crippen LogP contribution in [0.5, 0.6) is 0 Å². The van der Waals surface area contributed by atoms with E-state index in [2.05, 4.69) is 10.6 Å². The third-order valence-corrected chi connectivity index (χ3v) is 3.81. The molecule has 0 aliphatic heterocycles. The van der Waals surface area contributed by atoms with Crippen LogP contribution >= 0.6 is 11.6 Å². The fourth-order valence-electron chi connectivity index (χ4n) is 1.99. The van der Waals surface area contributed by atoms with Crippen LogP contribution in [0.3, 0.4) is 0 Å². The number of hydrogen-bond donors (Lipinski definition) is 2. The van der Waals surface area contributed by atoms with Crippen molar-refractivity contribution in [2.24, 2.45) is 5.41 Å². The van der Waals surface area contributed by atoms with Gasteiger partial charge in [-0.1, -0.05) is 17.7 Å². The van der Waals surface area contributed by atoms with Gasteiger partial charge in [-0.15, -0.1) is 0 Å². The topological polar surface area (TPSA) is 41.1 Å². The molecule has 1 aromatic carbocycles. The van der Waals surface area contributed by atoms with Crippen LogP contribution in [0, 0.1) is 5.41 Å². The number of nitrogens with one attached hydrogen (secondary N) is 2. The fraction of sp³-hybridized carbons (Fsp3) is 0.462. The van der Waals surface area contributed by atoms with Gasteiger partial charge in [-0.3, -0.25) is 4.79 Å². The average Bonchev–Trinajstić information content (AvgIpc) is 3.18. The van der Waals surface area contributed by atoms with Gasteiger partial charge in [0.15, 0.2) is 0 Å². The van der Waals surface area contributed by atoms with Gasteiger partial charge >= 0.3 is 6.18 Å². The SMILES string of the molecule is CNc1cc(CNC(=O)C2(C(F)(F)F)CC2)ccc1Cl. The Morgan fingerprint density at radius 2 is 2.05 bits per heavy atom. The molecule has 0 radical (unpaired) electrons. The van der Waals surface area contributed by atoms with Crippen LogP contribution in [0.4, 0.5) is 18.9 Å². The van der Waals surface area contributed by atoms with E-state index in [0.29, 0.717) is 16.3 Å². The predicted molar refractivity (Wildman–Crippen MR) is 70.6 cm³/mol. The van der Waals surface area contributed by atoms with E-state index in [1.807, 2.05) is 0 Å². The predicted octanol–water partition coefficient (Wildman–Crippen LogP) is 3.34. The summed E-state index contributed by atoms with van der Waals surface area (Å²) in [6, 6.07) is 4.98. The number of benzene rings is 1. The third-order valence-electron chi connectivity index (χ3n) is 3.48. The van der Waals surface area contributed by atoms with Crippen LogP contribution in [0.15, 0.2) is 18.2 Å². The summed E-state index contributed by atoms with van der Waals surface area (Å²) in [5.41, 5.74) is -0.828. The Bertz CT molecular complexity index is 527. The zero-order valence-corrected chi connectivity index (χ0v) is 11.5. The lowest BCUT2D eigenvalue weighted by molar-refractivity contribution is -0.192. The molecular formula is C13H14ClF3N2O. The second kappa shape index (κ2) is 5.16. The first-order chi connectivity index (χ1) is 9.30. The molecule has 2 rings (SSSR count). The van der Waals surface area contributed by atoms with Gasteiger partial charge in [0.1, 0.15) is 5.41 Å². The molecular weight excluding hydrogens is 293 g/mol. The minimum absolute atomic E-state index is 0.0442. The van der Waals surface area contributed by atoms with Crippen molar-refractivity contribution >= 4 is 23.2 Å². The monoisotopic (exact) mass is 306 g/mol. The Morgan fingerprint density at radius 3 is 2.55 bits per heavy atom. The zero-order valence-electron chi connectivity index (χ0n) is 10.8. The molecule has 20 heavy (non-hydrogen) atoms. The van der Waals surface area contributed by atoms with Crippen molar-refractivity contribution in [2.45, 2.75) is 25.6 Å². The molecule has 0 bridgehead atoms. The van der Waals surface area contributed by atoms with E-state index >= 15 is 0 Å². The lowest BCUT2D eigenvalue weighted by atomic mass is 10.1. The molecule has 3 nitrogen and oxygen atoms in total. The van der Waals surface area contributed by atoms with Crippen molar-refractivity contribution in [3.05, 3.63) is 28.8 Å². The quantitative estimate of drug-likeness (QED) is 0.896. The highest BCUT2D eigenvalue weighted by molar-refractivity contribution is 6.33. The van der Waals surface area contributed by atoms with Gasteiger partial charge in [-0.05, 0) is 30.5 Å². The number of halogens is 4. The third kappa shape index (κ3) is 2.70. The maximum absolute atomic E-state index is 12.8. The van der Waals surface area contributed by atoms with Crippen molar-refractivity contribution in [3.63, 3.8) is 0 Å². The first-order valence-electron chi connectivity index (χ1n) is 6.11. The molecule has 7 heteroatoms. The maximum Gasteiger partial charge on any atom is 0.403 e. The number of carbonyl (C=O) groups is 1. The molecule has 1 aromatic rings. The standard InChI is InChI=1S/C13H14ClF3N2O/c1-18-10-6-8(2-3-9(10)14)7-19-11(20)12(4-5-12)13(15,16)17/h2-3,6,18H,4-5,7H2,1H3,(H,19,20). The number of alkyl halides is 3. The molecule has 0 aromatic heterocycles. The summed E-state index contributed by atoms with van der Waals surface area (Å²) in [6.45, 7) is 0.0442. The molecule has 1 amide bonds. The maximum atomic E-state index is 12.8. The fourth-order valence-corrected chi connectivity index (χ4v) is 2.20. The minimum Gasteiger partial charge on any atom is -0.387 e. The Labute approximate surface area is 119 Å². The number of hydrogen-bond acceptors (Lipinski definition) is 2. The normalized spacial score (nSPS) is 16.6. The lowest BCUT2D eigenvalue weighted by Gasteiger charge is -2.18. The Kier molecular flexibility index (Phi) is 3.86. The van der Waals surface area contributed by atoms with Crippen LogP contribution in [-0.4, -0.2) is 19.1 Å². The summed E-state index contributed by atoms with van der Waals surface area (Å²) in [5, 5.41) is 5.73. The van der Waals surface area contributed by atoms with Crippen LogP contribution in [0.1, 0.15) is 18.4 Å². The summed E-state index contributed by atoms with van der Waals surface area (Å²) in [6.07, 6.45) is -4.75. The highest BCUT2D eigenvalue weighted by atomic mass is 35.5. The van der Waals surface area contributed by atoms with Crippen LogP contribution in [-0.2, 0) is 11.3 Å². The van der Waals surface area contributed by atoms with E-state index in [1.54, 1.807) is 25.2 Å². The van der Waals surface area contributed by atoms with Gasteiger partial charge in [0.2, 0.25) is 5.91 Å². The Balaban J connectivity index is 2.01. The van der Waals surface area contributed by atoms with Gasteiger partial charge in [0.25, 0.3) is 0 Å². The number of carbonyl (C=O) groups excluding carboxylic acids is 1. The van der Waals surface area contributed by atoms with Gasteiger partial charge in [0.05, 0.1) is 10.7 Å². The molecule has 1 saturated carbocycles. The van der Waals surface area contributed by atoms with Crippen molar-refractivity contribution in [1.82, 2.24) is 5.32 Å². The summed E-state index contributed by atoms with van der Waals surface area (Å²) in [5.74, 6) is -0.953. The van der Waals surface area contributed by atoms with Crippen LogP contribution < -0.4 is 10.6 Å². The highest BCUT2D eigenvalue weighted by Gasteiger charge is 2.68. The second-order valence-electron chi connectivity index (χ2n) is 4.83. The largest absolute Gasteiger partial charge is 0.403 e. The van der Waals surface area contributed by atoms with Crippen molar-refractivity contribution < 1.29 is 18.0 Å². The van der Waals surface area contributed by atoms with Gasteiger partial charge in [-0.2, -0.15) is 13.2 Å². The summed E-state index contributed by atoms with van der Waals surface area (Å²) in [7, 11) is 1.69. The lowest BCUT2D eigenvalue weighted by Crippen LogP contribution is -2.40. The summed E-state index contributed by atoms with van der Waals surface area (Å²) in [4.78, 5) is 11.7. The van der Waals surface area contributed by atoms with Gasteiger partial charge in [-0.25, -0.2) is 0 Å². The Hall–Kier alpha value is -1.43. The molecule has 0 atom stereocenters. The van der Waals surface area contributed by atoms with Crippen molar-refractivity contribution in [1.29, 1.82) is 0 Å². The van der Waals surface area contributed by atoms with Gasteiger partial charge < -0.3 is 10.6 Å². The number of anilines is 1. The average molecular weight is 307 g/mol. The molecule has 1 aliphatic rings. The van der Waals surface area contributed by atoms with Gasteiger partial charge in [0, 0.05) is 13.6 Å². The second-order valence-corrected chi connectivity index (χ2v) is 5.23. The number of amides is 1. The van der Waals surface area contributed by atoms with Crippen LogP contribution in [0.2, 0.25) is 5.02 Å². The molecule has 0 spiro atoms. The Morgan fingerprint density at radius 1 is 1.40 bits per heavy atom. The van der Waals surface area contributed by atoms with Crippen molar-refractivity contribution in [3.8, 4) is 0 Å². The highest BCUT2D eigenvalue weighted by Crippen LogP contribution is 2.57. The summed E-state index contributed by atoms with van der Waals surface area (Å²) < 4.78 is 38.3. The smallest absolute Gasteiger partial charge is 0.387 e. The van der Waals surface area contributed by atoms with E-state index in [1.165, 1.54) is 0 Å². The summed E-state index contributed by atoms with van der Waals surface area (Å²) >= 11 is 5.90. The molecule has 1 fully saturated rings. The van der Waals surface area contributed by atoms with E-state index in [9.17, 15) is 18.0 Å². The van der Waals surface area contributed by atoms with E-state index in [0.717, 1.165) is 0 Å². The molecule has 110 valence electrons. The first-order valence-corrected chi connectivity index (χ1v) is 6.49. The molecule has 0 saturated heterocycles. The first kappa shape index (κ1) is 15.0. The molecule has 0 heterocycles. The minimum atomic E-state index is -4.48. The molecule has 0 unspecified atom stereocenters. The van der Waals surface area contributed by atoms with Crippen molar-refractivity contribution in [2.75, 3.05) is 12.4 Å². The van der Waals surface area contributed by atoms with E-state index in [4.69, 9.17) is 11.6 Å². The molecule has 2 N–H and O–H groups in total. The van der Waals surface area contributed by atoms with E-state index < -0.39 is 17.5 Å². The van der Waals surface area contributed by atoms with Crippen LogP contribution in [0.25, 0.3) is 0 Å². The molecule has 1 aliphatic carbocycles.